The molecule has 0 radical (unpaired) electrons. The van der Waals surface area contributed by atoms with Crippen LogP contribution in [0.5, 0.6) is 0 Å². The van der Waals surface area contributed by atoms with Crippen LogP contribution in [0.3, 0.4) is 0 Å². The quantitative estimate of drug-likeness (QED) is 0.352. The summed E-state index contributed by atoms with van der Waals surface area (Å²) in [5.74, 6) is 0.292. The molecular formula is C5H9AgN2O4. The van der Waals surface area contributed by atoms with E-state index in [1.807, 2.05) is 7.05 Å². The third kappa shape index (κ3) is 7.52. The van der Waals surface area contributed by atoms with Crippen molar-refractivity contribution in [3.8, 4) is 0 Å². The first-order valence-corrected chi connectivity index (χ1v) is 3.09. The summed E-state index contributed by atoms with van der Waals surface area (Å²) >= 11 is 0. The van der Waals surface area contributed by atoms with Crippen LogP contribution in [0, 0.1) is 15.3 Å². The third-order valence-electron chi connectivity index (χ3n) is 1.31. The van der Waals surface area contributed by atoms with Gasteiger partial charge in [0.05, 0.1) is 5.09 Å². The standard InChI is InChI=1S/C5H9NO.Ag.NO3/c1-6-4-2-3-5(6)7;;2-1(3)4/h2-4H2,1H3;;/q;+1;-1. The van der Waals surface area contributed by atoms with Crippen molar-refractivity contribution in [2.75, 3.05) is 13.6 Å². The van der Waals surface area contributed by atoms with E-state index >= 15 is 0 Å². The second-order valence-electron chi connectivity index (χ2n) is 2.14. The van der Waals surface area contributed by atoms with Gasteiger partial charge in [0.25, 0.3) is 0 Å². The SMILES string of the molecule is CN1CCCC1=O.O=[N+]([O-])[O-].[Ag+]. The molecule has 0 spiro atoms. The molecule has 0 bridgehead atoms. The van der Waals surface area contributed by atoms with Crippen molar-refractivity contribution >= 4 is 5.91 Å². The maximum atomic E-state index is 10.5. The Morgan fingerprint density at radius 3 is 2.00 bits per heavy atom. The zero-order valence-electron chi connectivity index (χ0n) is 6.45. The average Bonchev–Trinajstić information content (AvgIpc) is 2.15. The molecule has 1 aliphatic heterocycles. The normalized spacial score (nSPS) is 14.4. The van der Waals surface area contributed by atoms with Gasteiger partial charge < -0.3 is 20.2 Å². The maximum Gasteiger partial charge on any atom is 1.00 e. The van der Waals surface area contributed by atoms with Crippen molar-refractivity contribution in [1.82, 2.24) is 4.90 Å². The number of likely N-dealkylation sites (tertiary alicyclic amines) is 1. The molecule has 0 aliphatic carbocycles. The molecule has 0 N–H and O–H groups in total. The summed E-state index contributed by atoms with van der Waals surface area (Å²) in [6.07, 6.45) is 1.81. The van der Waals surface area contributed by atoms with Crippen molar-refractivity contribution in [2.45, 2.75) is 12.8 Å². The van der Waals surface area contributed by atoms with Crippen molar-refractivity contribution in [1.29, 1.82) is 0 Å². The fraction of sp³-hybridized carbons (Fsp3) is 0.800. The molecule has 0 atom stereocenters. The molecule has 1 saturated heterocycles. The summed E-state index contributed by atoms with van der Waals surface area (Å²) in [6, 6.07) is 0. The molecule has 1 amide bonds. The molecule has 12 heavy (non-hydrogen) atoms. The summed E-state index contributed by atoms with van der Waals surface area (Å²) < 4.78 is 0. The van der Waals surface area contributed by atoms with Crippen LogP contribution in [0.4, 0.5) is 0 Å². The molecule has 1 fully saturated rings. The number of hydrogen-bond donors (Lipinski definition) is 0. The van der Waals surface area contributed by atoms with Gasteiger partial charge in [0, 0.05) is 20.0 Å². The number of carbonyl (C=O) groups is 1. The minimum atomic E-state index is -1.75. The van der Waals surface area contributed by atoms with Crippen molar-refractivity contribution in [3.05, 3.63) is 15.3 Å². The zero-order valence-corrected chi connectivity index (χ0v) is 7.93. The van der Waals surface area contributed by atoms with Gasteiger partial charge in [-0.25, -0.2) is 0 Å². The van der Waals surface area contributed by atoms with Crippen molar-refractivity contribution in [3.63, 3.8) is 0 Å². The zero-order chi connectivity index (χ0) is 8.85. The van der Waals surface area contributed by atoms with Crippen LogP contribution < -0.4 is 0 Å². The predicted molar refractivity (Wildman–Crippen MR) is 37.2 cm³/mol. The van der Waals surface area contributed by atoms with Crippen LogP contribution in [0.25, 0.3) is 0 Å². The van der Waals surface area contributed by atoms with Crippen LogP contribution in [-0.2, 0) is 27.2 Å². The summed E-state index contributed by atoms with van der Waals surface area (Å²) in [6.45, 7) is 0.957. The first-order chi connectivity index (χ1) is 5.04. The maximum absolute atomic E-state index is 10.5. The molecule has 1 aliphatic rings. The van der Waals surface area contributed by atoms with E-state index in [4.69, 9.17) is 15.3 Å². The van der Waals surface area contributed by atoms with E-state index < -0.39 is 5.09 Å². The number of nitrogens with zero attached hydrogens (tertiary/aromatic N) is 2. The number of carbonyl (C=O) groups excluding carboxylic acids is 1. The minimum Gasteiger partial charge on any atom is -0.356 e. The molecule has 74 valence electrons. The number of hydrogen-bond acceptors (Lipinski definition) is 4. The van der Waals surface area contributed by atoms with Gasteiger partial charge in [0.15, 0.2) is 0 Å². The van der Waals surface area contributed by atoms with E-state index in [0.717, 1.165) is 19.4 Å². The van der Waals surface area contributed by atoms with E-state index in [0.29, 0.717) is 5.91 Å². The predicted octanol–water partition coefficient (Wildman–Crippen LogP) is -0.00300. The Bertz CT molecular complexity index is 160. The molecule has 6 nitrogen and oxygen atoms in total. The molecule has 1 rings (SSSR count). The third-order valence-corrected chi connectivity index (χ3v) is 1.31. The monoisotopic (exact) mass is 268 g/mol. The van der Waals surface area contributed by atoms with Crippen LogP contribution in [-0.4, -0.2) is 29.5 Å². The summed E-state index contributed by atoms with van der Waals surface area (Å²) in [4.78, 5) is 20.5. The van der Waals surface area contributed by atoms with Crippen molar-refractivity contribution in [2.24, 2.45) is 0 Å². The molecule has 1 heterocycles. The second-order valence-corrected chi connectivity index (χ2v) is 2.14. The van der Waals surface area contributed by atoms with Gasteiger partial charge in [0.1, 0.15) is 0 Å². The number of amides is 1. The average molecular weight is 269 g/mol. The summed E-state index contributed by atoms with van der Waals surface area (Å²) in [7, 11) is 1.84. The van der Waals surface area contributed by atoms with Crippen LogP contribution in [0.2, 0.25) is 0 Å². The molecule has 0 aromatic rings. The van der Waals surface area contributed by atoms with Gasteiger partial charge in [-0.3, -0.25) is 4.79 Å². The first-order valence-electron chi connectivity index (χ1n) is 3.09. The van der Waals surface area contributed by atoms with E-state index in [2.05, 4.69) is 0 Å². The molecule has 7 heteroatoms. The van der Waals surface area contributed by atoms with Crippen molar-refractivity contribution < 1.29 is 32.3 Å². The Balaban J connectivity index is 0. The van der Waals surface area contributed by atoms with E-state index in [1.54, 1.807) is 4.90 Å². The largest absolute Gasteiger partial charge is 1.00 e. The Kier molecular flexibility index (Phi) is 8.24. The Hall–Kier alpha value is -0.590. The molecular weight excluding hydrogens is 260 g/mol. The van der Waals surface area contributed by atoms with Gasteiger partial charge in [-0.05, 0) is 6.42 Å². The molecule has 0 aromatic carbocycles. The van der Waals surface area contributed by atoms with Gasteiger partial charge in [-0.15, -0.1) is 0 Å². The smallest absolute Gasteiger partial charge is 0.356 e. The first kappa shape index (κ1) is 14.0. The fourth-order valence-corrected chi connectivity index (χ4v) is 0.783. The second kappa shape index (κ2) is 7.08. The van der Waals surface area contributed by atoms with E-state index in [-0.39, 0.29) is 22.4 Å². The van der Waals surface area contributed by atoms with Crippen LogP contribution in [0.1, 0.15) is 12.8 Å². The van der Waals surface area contributed by atoms with Crippen LogP contribution >= 0.6 is 0 Å². The topological polar surface area (TPSA) is 86.5 Å². The fourth-order valence-electron chi connectivity index (χ4n) is 0.783. The molecule has 0 aromatic heterocycles. The Labute approximate surface area is 85.2 Å². The van der Waals surface area contributed by atoms with Gasteiger partial charge in [-0.2, -0.15) is 0 Å². The number of rotatable bonds is 0. The molecule has 0 saturated carbocycles. The summed E-state index contributed by atoms with van der Waals surface area (Å²) in [5.41, 5.74) is 0. The van der Waals surface area contributed by atoms with E-state index in [9.17, 15) is 4.79 Å². The Morgan fingerprint density at radius 2 is 1.92 bits per heavy atom. The van der Waals surface area contributed by atoms with E-state index in [1.165, 1.54) is 0 Å². The summed E-state index contributed by atoms with van der Waals surface area (Å²) in [5, 5.41) is 14.8. The van der Waals surface area contributed by atoms with Crippen LogP contribution in [0.15, 0.2) is 0 Å². The van der Waals surface area contributed by atoms with Gasteiger partial charge in [0.2, 0.25) is 5.91 Å². The molecule has 0 unspecified atom stereocenters. The van der Waals surface area contributed by atoms with Gasteiger partial charge in [-0.1, -0.05) is 0 Å². The Morgan fingerprint density at radius 1 is 1.50 bits per heavy atom. The minimum absolute atomic E-state index is 0. The van der Waals surface area contributed by atoms with Gasteiger partial charge >= 0.3 is 22.4 Å².